The van der Waals surface area contributed by atoms with Crippen LogP contribution < -0.4 is 9.47 Å². The molecule has 1 atom stereocenters. The van der Waals surface area contributed by atoms with Gasteiger partial charge in [-0.15, -0.1) is 0 Å². The molecule has 0 N–H and O–H groups in total. The Morgan fingerprint density at radius 3 is 2.18 bits per heavy atom. The number of nitrogens with zero attached hydrogens (tertiary/aromatic N) is 1. The first-order chi connectivity index (χ1) is 8.12. The lowest BCUT2D eigenvalue weighted by atomic mass is 10.1. The van der Waals surface area contributed by atoms with Gasteiger partial charge in [-0.3, -0.25) is 0 Å². The molecule has 1 aromatic carbocycles. The first-order valence-electron chi connectivity index (χ1n) is 5.51. The van der Waals surface area contributed by atoms with Crippen molar-refractivity contribution in [1.82, 2.24) is 4.90 Å². The molecule has 4 heteroatoms. The second kappa shape index (κ2) is 6.47. The van der Waals surface area contributed by atoms with Crippen LogP contribution in [0.25, 0.3) is 0 Å². The van der Waals surface area contributed by atoms with Crippen molar-refractivity contribution in [3.8, 4) is 11.5 Å². The van der Waals surface area contributed by atoms with Gasteiger partial charge in [0.2, 0.25) is 0 Å². The second-order valence-corrected chi connectivity index (χ2v) is 4.10. The summed E-state index contributed by atoms with van der Waals surface area (Å²) in [5.41, 5.74) is 1.08. The first-order valence-corrected chi connectivity index (χ1v) is 5.51. The van der Waals surface area contributed by atoms with Crippen LogP contribution in [-0.2, 0) is 4.74 Å². The lowest BCUT2D eigenvalue weighted by Gasteiger charge is -2.21. The molecule has 0 radical (unpaired) electrons. The van der Waals surface area contributed by atoms with Gasteiger partial charge in [0.1, 0.15) is 0 Å². The van der Waals surface area contributed by atoms with Crippen molar-refractivity contribution in [2.45, 2.75) is 6.10 Å². The molecular formula is C13H21NO3. The van der Waals surface area contributed by atoms with Crippen molar-refractivity contribution in [3.05, 3.63) is 23.8 Å². The average molecular weight is 239 g/mol. The molecule has 0 fully saturated rings. The van der Waals surface area contributed by atoms with Gasteiger partial charge in [0, 0.05) is 13.7 Å². The highest BCUT2D eigenvalue weighted by atomic mass is 16.5. The number of methoxy groups -OCH3 is 3. The first kappa shape index (κ1) is 13.8. The fraction of sp³-hybridized carbons (Fsp3) is 0.538. The highest BCUT2D eigenvalue weighted by Gasteiger charge is 2.14. The van der Waals surface area contributed by atoms with Crippen LogP contribution in [-0.4, -0.2) is 46.9 Å². The summed E-state index contributed by atoms with van der Waals surface area (Å²) in [5, 5.41) is 0. The highest BCUT2D eigenvalue weighted by molar-refractivity contribution is 5.43. The van der Waals surface area contributed by atoms with E-state index in [1.54, 1.807) is 21.3 Å². The van der Waals surface area contributed by atoms with Crippen LogP contribution in [0.15, 0.2) is 18.2 Å². The average Bonchev–Trinajstić information content (AvgIpc) is 2.34. The third-order valence-corrected chi connectivity index (χ3v) is 2.59. The Balaban J connectivity index is 2.96. The molecule has 0 saturated carbocycles. The number of hydrogen-bond donors (Lipinski definition) is 0. The van der Waals surface area contributed by atoms with Gasteiger partial charge in [0.05, 0.1) is 20.3 Å². The lowest BCUT2D eigenvalue weighted by molar-refractivity contribution is 0.0782. The number of ether oxygens (including phenoxy) is 3. The van der Waals surface area contributed by atoms with E-state index >= 15 is 0 Å². The van der Waals surface area contributed by atoms with Crippen molar-refractivity contribution in [2.75, 3.05) is 42.0 Å². The smallest absolute Gasteiger partial charge is 0.161 e. The summed E-state index contributed by atoms with van der Waals surface area (Å²) in [6, 6.07) is 5.85. The topological polar surface area (TPSA) is 30.9 Å². The van der Waals surface area contributed by atoms with E-state index in [-0.39, 0.29) is 6.10 Å². The van der Waals surface area contributed by atoms with Gasteiger partial charge in [0.25, 0.3) is 0 Å². The Morgan fingerprint density at radius 1 is 1.06 bits per heavy atom. The molecule has 0 spiro atoms. The third-order valence-electron chi connectivity index (χ3n) is 2.59. The van der Waals surface area contributed by atoms with E-state index < -0.39 is 0 Å². The highest BCUT2D eigenvalue weighted by Crippen LogP contribution is 2.30. The third kappa shape index (κ3) is 3.61. The monoisotopic (exact) mass is 239 g/mol. The Hall–Kier alpha value is -1.26. The van der Waals surface area contributed by atoms with Gasteiger partial charge < -0.3 is 19.1 Å². The van der Waals surface area contributed by atoms with Gasteiger partial charge >= 0.3 is 0 Å². The zero-order chi connectivity index (χ0) is 12.8. The quantitative estimate of drug-likeness (QED) is 0.759. The van der Waals surface area contributed by atoms with Crippen LogP contribution in [0, 0.1) is 0 Å². The molecule has 1 rings (SSSR count). The zero-order valence-electron chi connectivity index (χ0n) is 11.2. The fourth-order valence-electron chi connectivity index (χ4n) is 1.70. The summed E-state index contributed by atoms with van der Waals surface area (Å²) in [7, 11) is 9.02. The second-order valence-electron chi connectivity index (χ2n) is 4.10. The van der Waals surface area contributed by atoms with E-state index in [0.29, 0.717) is 0 Å². The van der Waals surface area contributed by atoms with Gasteiger partial charge in [0.15, 0.2) is 11.5 Å². The maximum atomic E-state index is 5.48. The van der Waals surface area contributed by atoms with E-state index in [2.05, 4.69) is 4.90 Å². The summed E-state index contributed by atoms with van der Waals surface area (Å²) in [6.07, 6.45) is 0.0322. The SMILES string of the molecule is COc1ccc([C@H](CN(C)C)OC)cc1OC. The van der Waals surface area contributed by atoms with Gasteiger partial charge in [-0.25, -0.2) is 0 Å². The molecule has 0 bridgehead atoms. The van der Waals surface area contributed by atoms with Crippen LogP contribution in [0.1, 0.15) is 11.7 Å². The van der Waals surface area contributed by atoms with Crippen molar-refractivity contribution < 1.29 is 14.2 Å². The maximum Gasteiger partial charge on any atom is 0.161 e. The molecule has 0 unspecified atom stereocenters. The summed E-state index contributed by atoms with van der Waals surface area (Å²) in [4.78, 5) is 2.09. The lowest BCUT2D eigenvalue weighted by Crippen LogP contribution is -2.21. The fourth-order valence-corrected chi connectivity index (χ4v) is 1.70. The minimum atomic E-state index is 0.0322. The molecule has 0 aromatic heterocycles. The van der Waals surface area contributed by atoms with Gasteiger partial charge in [-0.2, -0.15) is 0 Å². The summed E-state index contributed by atoms with van der Waals surface area (Å²) in [6.45, 7) is 0.825. The molecule has 0 heterocycles. The van der Waals surface area contributed by atoms with E-state index in [9.17, 15) is 0 Å². The molecule has 0 aliphatic heterocycles. The number of benzene rings is 1. The van der Waals surface area contributed by atoms with Crippen LogP contribution in [0.3, 0.4) is 0 Å². The van der Waals surface area contributed by atoms with E-state index in [4.69, 9.17) is 14.2 Å². The molecule has 4 nitrogen and oxygen atoms in total. The van der Waals surface area contributed by atoms with Crippen molar-refractivity contribution in [3.63, 3.8) is 0 Å². The predicted octanol–water partition coefficient (Wildman–Crippen LogP) is 1.95. The molecule has 0 saturated heterocycles. The maximum absolute atomic E-state index is 5.48. The Bertz CT molecular complexity index is 353. The van der Waals surface area contributed by atoms with Crippen LogP contribution in [0.4, 0.5) is 0 Å². The minimum absolute atomic E-state index is 0.0322. The Kier molecular flexibility index (Phi) is 5.25. The van der Waals surface area contributed by atoms with E-state index in [1.807, 2.05) is 32.3 Å². The molecule has 0 aliphatic rings. The van der Waals surface area contributed by atoms with Gasteiger partial charge in [-0.05, 0) is 31.8 Å². The van der Waals surface area contributed by atoms with Gasteiger partial charge in [-0.1, -0.05) is 6.07 Å². The normalized spacial score (nSPS) is 12.6. The van der Waals surface area contributed by atoms with Crippen LogP contribution in [0.5, 0.6) is 11.5 Å². The van der Waals surface area contributed by atoms with Crippen LogP contribution >= 0.6 is 0 Å². The summed E-state index contributed by atoms with van der Waals surface area (Å²) >= 11 is 0. The summed E-state index contributed by atoms with van der Waals surface area (Å²) < 4.78 is 16.0. The molecular weight excluding hydrogens is 218 g/mol. The van der Waals surface area contributed by atoms with Crippen LogP contribution in [0.2, 0.25) is 0 Å². The molecule has 0 amide bonds. The Morgan fingerprint density at radius 2 is 1.71 bits per heavy atom. The number of likely N-dealkylation sites (N-methyl/N-ethyl adjacent to an activating group) is 1. The van der Waals surface area contributed by atoms with E-state index in [0.717, 1.165) is 23.6 Å². The van der Waals surface area contributed by atoms with Crippen molar-refractivity contribution in [1.29, 1.82) is 0 Å². The number of rotatable bonds is 6. The molecule has 1 aromatic rings. The van der Waals surface area contributed by atoms with Crippen molar-refractivity contribution in [2.24, 2.45) is 0 Å². The molecule has 96 valence electrons. The standard InChI is InChI=1S/C13H21NO3/c1-14(2)9-13(17-5)10-6-7-11(15-3)12(8-10)16-4/h6-8,13H,9H2,1-5H3/t13-/m0/s1. The molecule has 0 aliphatic carbocycles. The minimum Gasteiger partial charge on any atom is -0.493 e. The Labute approximate surface area is 103 Å². The number of hydrogen-bond acceptors (Lipinski definition) is 4. The summed E-state index contributed by atoms with van der Waals surface area (Å²) in [5.74, 6) is 1.46. The predicted molar refractivity (Wildman–Crippen MR) is 67.9 cm³/mol. The van der Waals surface area contributed by atoms with Crippen molar-refractivity contribution >= 4 is 0 Å². The van der Waals surface area contributed by atoms with E-state index in [1.165, 1.54) is 0 Å². The largest absolute Gasteiger partial charge is 0.493 e. The zero-order valence-corrected chi connectivity index (χ0v) is 11.2. The molecule has 17 heavy (non-hydrogen) atoms.